The van der Waals surface area contributed by atoms with E-state index < -0.39 is 0 Å². The maximum Gasteiger partial charge on any atom is 0.224 e. The Morgan fingerprint density at radius 1 is 1.09 bits per heavy atom. The number of aliphatic hydroxyl groups is 1. The van der Waals surface area contributed by atoms with Crippen LogP contribution in [-0.4, -0.2) is 45.0 Å². The molecule has 182 valence electrons. The molecule has 6 nitrogen and oxygen atoms in total. The summed E-state index contributed by atoms with van der Waals surface area (Å²) in [6, 6.07) is 9.78. The highest BCUT2D eigenvalue weighted by molar-refractivity contribution is 5.94. The van der Waals surface area contributed by atoms with E-state index in [0.717, 1.165) is 75.6 Å². The molecular weight excluding hydrogens is 424 g/mol. The van der Waals surface area contributed by atoms with E-state index in [4.69, 9.17) is 9.72 Å². The van der Waals surface area contributed by atoms with Crippen molar-refractivity contribution in [3.05, 3.63) is 42.2 Å². The zero-order valence-corrected chi connectivity index (χ0v) is 20.5. The number of fused-ring (bicyclic) bond motifs is 1. The molecule has 2 N–H and O–H groups in total. The van der Waals surface area contributed by atoms with E-state index in [1.165, 1.54) is 16.7 Å². The van der Waals surface area contributed by atoms with Crippen molar-refractivity contribution in [1.29, 1.82) is 0 Å². The number of nitrogens with zero attached hydrogens (tertiary/aromatic N) is 3. The number of anilines is 1. The van der Waals surface area contributed by atoms with E-state index in [1.807, 2.05) is 6.20 Å². The fourth-order valence-electron chi connectivity index (χ4n) is 5.64. The number of nitrogens with one attached hydrogen (secondary N) is 1. The molecule has 3 aromatic rings. The summed E-state index contributed by atoms with van der Waals surface area (Å²) in [5.74, 6) is 1.30. The molecule has 1 atom stereocenters. The van der Waals surface area contributed by atoms with Gasteiger partial charge < -0.3 is 19.7 Å². The van der Waals surface area contributed by atoms with Gasteiger partial charge in [-0.3, -0.25) is 0 Å². The highest BCUT2D eigenvalue weighted by Gasteiger charge is 2.24. The highest BCUT2D eigenvalue weighted by Crippen LogP contribution is 2.37. The smallest absolute Gasteiger partial charge is 0.224 e. The maximum atomic E-state index is 10.0. The number of ether oxygens (including phenoxy) is 1. The predicted molar refractivity (Wildman–Crippen MR) is 137 cm³/mol. The summed E-state index contributed by atoms with van der Waals surface area (Å²) in [7, 11) is 0. The maximum absolute atomic E-state index is 10.0. The van der Waals surface area contributed by atoms with E-state index in [1.54, 1.807) is 0 Å². The molecule has 0 bridgehead atoms. The standard InChI is InChI=1S/C28H38N4O2/c1-3-4-19(2)30-28-29-17-25-26(18-32(27(25)31-28)23-9-11-24(33)12-10-23)22-7-5-20(6-8-22)21-13-15-34-16-14-21/h5-8,17-19,21,23-24,33H,3-4,9-16H2,1-2H3,(H,29,30,31)/t19-,23?,24?/m0/s1. The monoisotopic (exact) mass is 462 g/mol. The zero-order chi connectivity index (χ0) is 23.5. The summed E-state index contributed by atoms with van der Waals surface area (Å²) < 4.78 is 7.89. The summed E-state index contributed by atoms with van der Waals surface area (Å²) in [5, 5.41) is 14.6. The Morgan fingerprint density at radius 2 is 1.82 bits per heavy atom. The van der Waals surface area contributed by atoms with Crippen LogP contribution in [0.3, 0.4) is 0 Å². The predicted octanol–water partition coefficient (Wildman–Crippen LogP) is 6.07. The lowest BCUT2D eigenvalue weighted by Crippen LogP contribution is -2.21. The second kappa shape index (κ2) is 10.4. The van der Waals surface area contributed by atoms with Crippen molar-refractivity contribution in [1.82, 2.24) is 14.5 Å². The Bertz CT molecular complexity index is 1080. The number of hydrogen-bond donors (Lipinski definition) is 2. The Morgan fingerprint density at radius 3 is 2.53 bits per heavy atom. The fraction of sp³-hybridized carbons (Fsp3) is 0.571. The minimum absolute atomic E-state index is 0.169. The number of rotatable bonds is 7. The molecule has 3 heterocycles. The minimum atomic E-state index is -0.169. The van der Waals surface area contributed by atoms with Crippen molar-refractivity contribution in [2.24, 2.45) is 0 Å². The van der Waals surface area contributed by atoms with Crippen LogP contribution < -0.4 is 5.32 Å². The van der Waals surface area contributed by atoms with E-state index in [-0.39, 0.29) is 6.10 Å². The molecule has 6 heteroatoms. The van der Waals surface area contributed by atoms with Gasteiger partial charge in [-0.25, -0.2) is 4.98 Å². The van der Waals surface area contributed by atoms with Gasteiger partial charge in [0, 0.05) is 48.6 Å². The SMILES string of the molecule is CCC[C@H](C)Nc1ncc2c(-c3ccc(C4CCOCC4)cc3)cn(C3CCC(O)CC3)c2n1. The molecule has 1 saturated carbocycles. The van der Waals surface area contributed by atoms with Gasteiger partial charge in [0.15, 0.2) is 0 Å². The first kappa shape index (κ1) is 23.3. The molecule has 1 aliphatic heterocycles. The Kier molecular flexibility index (Phi) is 7.16. The van der Waals surface area contributed by atoms with Gasteiger partial charge in [-0.15, -0.1) is 0 Å². The number of benzene rings is 1. The van der Waals surface area contributed by atoms with Crippen LogP contribution in [-0.2, 0) is 4.74 Å². The van der Waals surface area contributed by atoms with Gasteiger partial charge in [0.25, 0.3) is 0 Å². The summed E-state index contributed by atoms with van der Waals surface area (Å²) in [5.41, 5.74) is 4.79. The van der Waals surface area contributed by atoms with Gasteiger partial charge in [0.2, 0.25) is 5.95 Å². The van der Waals surface area contributed by atoms with Crippen LogP contribution in [0.4, 0.5) is 5.95 Å². The first-order chi connectivity index (χ1) is 16.6. The average molecular weight is 463 g/mol. The Labute approximate surface area is 202 Å². The van der Waals surface area contributed by atoms with Crippen LogP contribution in [0.5, 0.6) is 0 Å². The van der Waals surface area contributed by atoms with Crippen LogP contribution in [0.2, 0.25) is 0 Å². The number of aliphatic hydroxyl groups excluding tert-OH is 1. The summed E-state index contributed by atoms with van der Waals surface area (Å²) in [6.45, 7) is 6.11. The molecule has 2 aliphatic rings. The normalized spacial score (nSPS) is 22.7. The number of aromatic nitrogens is 3. The molecular formula is C28H38N4O2. The van der Waals surface area contributed by atoms with Gasteiger partial charge in [0.05, 0.1) is 6.10 Å². The second-order valence-corrected chi connectivity index (χ2v) is 10.2. The summed E-state index contributed by atoms with van der Waals surface area (Å²) in [6.07, 6.45) is 12.2. The van der Waals surface area contributed by atoms with Crippen LogP contribution in [0.25, 0.3) is 22.2 Å². The molecule has 0 amide bonds. The quantitative estimate of drug-likeness (QED) is 0.446. The number of hydrogen-bond acceptors (Lipinski definition) is 5. The van der Waals surface area contributed by atoms with Crippen molar-refractivity contribution >= 4 is 17.0 Å². The lowest BCUT2D eigenvalue weighted by molar-refractivity contribution is 0.0853. The van der Waals surface area contributed by atoms with Gasteiger partial charge in [-0.2, -0.15) is 4.98 Å². The van der Waals surface area contributed by atoms with Gasteiger partial charge in [0.1, 0.15) is 5.65 Å². The van der Waals surface area contributed by atoms with Crippen LogP contribution in [0.15, 0.2) is 36.7 Å². The molecule has 0 unspecified atom stereocenters. The lowest BCUT2D eigenvalue weighted by Gasteiger charge is -2.27. The molecule has 0 radical (unpaired) electrons. The second-order valence-electron chi connectivity index (χ2n) is 10.2. The average Bonchev–Trinajstić information content (AvgIpc) is 3.24. The van der Waals surface area contributed by atoms with E-state index in [0.29, 0.717) is 23.9 Å². The first-order valence-electron chi connectivity index (χ1n) is 13.1. The Hall–Kier alpha value is -2.44. The van der Waals surface area contributed by atoms with Gasteiger partial charge in [-0.1, -0.05) is 37.6 Å². The molecule has 34 heavy (non-hydrogen) atoms. The lowest BCUT2D eigenvalue weighted by atomic mass is 9.90. The van der Waals surface area contributed by atoms with Gasteiger partial charge in [-0.05, 0) is 68.9 Å². The van der Waals surface area contributed by atoms with Crippen molar-refractivity contribution in [3.63, 3.8) is 0 Å². The van der Waals surface area contributed by atoms with E-state index >= 15 is 0 Å². The molecule has 2 fully saturated rings. The molecule has 1 aromatic carbocycles. The molecule has 1 saturated heterocycles. The van der Waals surface area contributed by atoms with Crippen LogP contribution in [0, 0.1) is 0 Å². The van der Waals surface area contributed by atoms with E-state index in [2.05, 4.69) is 59.2 Å². The Balaban J connectivity index is 1.49. The molecule has 1 aliphatic carbocycles. The minimum Gasteiger partial charge on any atom is -0.393 e. The van der Waals surface area contributed by atoms with Crippen molar-refractivity contribution in [3.8, 4) is 11.1 Å². The summed E-state index contributed by atoms with van der Waals surface area (Å²) in [4.78, 5) is 9.68. The zero-order valence-electron chi connectivity index (χ0n) is 20.5. The summed E-state index contributed by atoms with van der Waals surface area (Å²) >= 11 is 0. The molecule has 0 spiro atoms. The third kappa shape index (κ3) is 4.98. The fourth-order valence-corrected chi connectivity index (χ4v) is 5.64. The van der Waals surface area contributed by atoms with Crippen LogP contribution >= 0.6 is 0 Å². The van der Waals surface area contributed by atoms with Crippen molar-refractivity contribution in [2.45, 2.75) is 89.3 Å². The van der Waals surface area contributed by atoms with Crippen molar-refractivity contribution in [2.75, 3.05) is 18.5 Å². The molecule has 5 rings (SSSR count). The third-order valence-corrected chi connectivity index (χ3v) is 7.64. The van der Waals surface area contributed by atoms with Crippen LogP contribution in [0.1, 0.15) is 82.7 Å². The van der Waals surface area contributed by atoms with Gasteiger partial charge >= 0.3 is 0 Å². The third-order valence-electron chi connectivity index (χ3n) is 7.64. The van der Waals surface area contributed by atoms with E-state index in [9.17, 15) is 5.11 Å². The first-order valence-corrected chi connectivity index (χ1v) is 13.1. The topological polar surface area (TPSA) is 72.2 Å². The largest absolute Gasteiger partial charge is 0.393 e. The molecule has 2 aromatic heterocycles. The van der Waals surface area contributed by atoms with Crippen molar-refractivity contribution < 1.29 is 9.84 Å². The highest BCUT2D eigenvalue weighted by atomic mass is 16.5.